The lowest BCUT2D eigenvalue weighted by molar-refractivity contribution is -0.130. The van der Waals surface area contributed by atoms with E-state index in [9.17, 15) is 13.2 Å². The zero-order valence-corrected chi connectivity index (χ0v) is 15.6. The van der Waals surface area contributed by atoms with Crippen LogP contribution in [0.5, 0.6) is 0 Å². The Bertz CT molecular complexity index is 905. The first kappa shape index (κ1) is 17.6. The lowest BCUT2D eigenvalue weighted by atomic mass is 10.0. The Morgan fingerprint density at radius 3 is 2.80 bits per heavy atom. The molecule has 0 radical (unpaired) electrons. The molecule has 0 unspecified atom stereocenters. The van der Waals surface area contributed by atoms with Gasteiger partial charge in [-0.25, -0.2) is 13.4 Å². The molecule has 1 aliphatic heterocycles. The molecule has 0 spiro atoms. The van der Waals surface area contributed by atoms with Gasteiger partial charge in [-0.1, -0.05) is 18.2 Å². The molecule has 8 heteroatoms. The van der Waals surface area contributed by atoms with Gasteiger partial charge in [-0.2, -0.15) is 5.10 Å². The highest BCUT2D eigenvalue weighted by Crippen LogP contribution is 2.35. The summed E-state index contributed by atoms with van der Waals surface area (Å²) < 4.78 is 26.1. The second kappa shape index (κ2) is 6.97. The van der Waals surface area contributed by atoms with Gasteiger partial charge >= 0.3 is 0 Å². The normalized spacial score (nSPS) is 17.4. The Morgan fingerprint density at radius 2 is 2.16 bits per heavy atom. The summed E-state index contributed by atoms with van der Waals surface area (Å²) in [4.78, 5) is 13.0. The lowest BCUT2D eigenvalue weighted by Crippen LogP contribution is -2.23. The van der Waals surface area contributed by atoms with Crippen molar-refractivity contribution in [3.63, 3.8) is 0 Å². The SMILES string of the molecule is CCS(=O)(=O)Nc1cccc(C2=NN(C(C)=O)[C@@H](c3cccs3)C2)c1. The number of nitrogens with one attached hydrogen (secondary N) is 1. The van der Waals surface area contributed by atoms with E-state index in [4.69, 9.17) is 0 Å². The molecule has 1 aromatic carbocycles. The Hall–Kier alpha value is -2.19. The third-order valence-corrected chi connectivity index (χ3v) is 6.23. The van der Waals surface area contributed by atoms with Crippen LogP contribution in [0.15, 0.2) is 46.9 Å². The van der Waals surface area contributed by atoms with Crippen molar-refractivity contribution in [3.05, 3.63) is 52.2 Å². The number of hydrogen-bond acceptors (Lipinski definition) is 5. The second-order valence-electron chi connectivity index (χ2n) is 5.73. The van der Waals surface area contributed by atoms with Crippen LogP contribution >= 0.6 is 11.3 Å². The molecule has 1 amide bonds. The molecule has 1 atom stereocenters. The molecule has 0 aliphatic carbocycles. The van der Waals surface area contributed by atoms with Gasteiger partial charge in [0.25, 0.3) is 0 Å². The summed E-state index contributed by atoms with van der Waals surface area (Å²) in [5.41, 5.74) is 2.07. The minimum absolute atomic E-state index is 0.0107. The van der Waals surface area contributed by atoms with Gasteiger partial charge < -0.3 is 0 Å². The van der Waals surface area contributed by atoms with E-state index in [0.717, 1.165) is 16.2 Å². The third kappa shape index (κ3) is 3.91. The minimum Gasteiger partial charge on any atom is -0.284 e. The summed E-state index contributed by atoms with van der Waals surface area (Å²) in [6.07, 6.45) is 0.601. The predicted molar refractivity (Wildman–Crippen MR) is 100 cm³/mol. The molecule has 132 valence electrons. The summed E-state index contributed by atoms with van der Waals surface area (Å²) in [5.74, 6) is -0.104. The van der Waals surface area contributed by atoms with Crippen LogP contribution < -0.4 is 4.72 Å². The van der Waals surface area contributed by atoms with Crippen LogP contribution in [0, 0.1) is 0 Å². The second-order valence-corrected chi connectivity index (χ2v) is 8.72. The van der Waals surface area contributed by atoms with Crippen molar-refractivity contribution in [2.45, 2.75) is 26.3 Å². The number of benzene rings is 1. The van der Waals surface area contributed by atoms with E-state index in [1.165, 1.54) is 11.9 Å². The topological polar surface area (TPSA) is 78.8 Å². The average molecular weight is 377 g/mol. The summed E-state index contributed by atoms with van der Waals surface area (Å²) in [7, 11) is -3.34. The number of nitrogens with zero attached hydrogens (tertiary/aromatic N) is 2. The van der Waals surface area contributed by atoms with Crippen LogP contribution in [0.1, 0.15) is 36.8 Å². The zero-order valence-electron chi connectivity index (χ0n) is 14.0. The van der Waals surface area contributed by atoms with Gasteiger partial charge in [0.05, 0.1) is 17.5 Å². The number of carbonyl (C=O) groups is 1. The third-order valence-electron chi connectivity index (χ3n) is 3.95. The van der Waals surface area contributed by atoms with Crippen LogP contribution in [0.2, 0.25) is 0 Å². The molecule has 1 N–H and O–H groups in total. The number of rotatable bonds is 5. The molecule has 25 heavy (non-hydrogen) atoms. The van der Waals surface area contributed by atoms with Crippen LogP contribution in [0.25, 0.3) is 0 Å². The Kier molecular flexibility index (Phi) is 4.91. The van der Waals surface area contributed by atoms with E-state index in [2.05, 4.69) is 9.82 Å². The molecule has 2 heterocycles. The highest BCUT2D eigenvalue weighted by molar-refractivity contribution is 7.92. The van der Waals surface area contributed by atoms with Crippen molar-refractivity contribution in [2.75, 3.05) is 10.5 Å². The quantitative estimate of drug-likeness (QED) is 0.869. The maximum absolute atomic E-state index is 12.0. The molecule has 0 saturated carbocycles. The predicted octanol–water partition coefficient (Wildman–Crippen LogP) is 3.21. The Morgan fingerprint density at radius 1 is 1.36 bits per heavy atom. The molecule has 0 fully saturated rings. The summed E-state index contributed by atoms with van der Waals surface area (Å²) in [5, 5.41) is 7.96. The van der Waals surface area contributed by atoms with Gasteiger partial charge in [-0.15, -0.1) is 11.3 Å². The fourth-order valence-electron chi connectivity index (χ4n) is 2.69. The van der Waals surface area contributed by atoms with Crippen molar-refractivity contribution < 1.29 is 13.2 Å². The first-order valence-electron chi connectivity index (χ1n) is 7.91. The van der Waals surface area contributed by atoms with Crippen LogP contribution in [0.3, 0.4) is 0 Å². The van der Waals surface area contributed by atoms with Gasteiger partial charge in [0, 0.05) is 23.9 Å². The fourth-order valence-corrected chi connectivity index (χ4v) is 4.13. The number of anilines is 1. The molecule has 0 saturated heterocycles. The molecular weight excluding hydrogens is 358 g/mol. The maximum atomic E-state index is 12.0. The molecule has 2 aromatic rings. The van der Waals surface area contributed by atoms with E-state index >= 15 is 0 Å². The number of carbonyl (C=O) groups excluding carboxylic acids is 1. The van der Waals surface area contributed by atoms with Gasteiger partial charge in [-0.3, -0.25) is 9.52 Å². The highest BCUT2D eigenvalue weighted by atomic mass is 32.2. The summed E-state index contributed by atoms with van der Waals surface area (Å²) >= 11 is 1.59. The van der Waals surface area contributed by atoms with Crippen molar-refractivity contribution in [3.8, 4) is 0 Å². The maximum Gasteiger partial charge on any atom is 0.240 e. The van der Waals surface area contributed by atoms with Gasteiger partial charge in [0.1, 0.15) is 0 Å². The molecule has 6 nitrogen and oxygen atoms in total. The van der Waals surface area contributed by atoms with E-state index < -0.39 is 10.0 Å². The number of thiophene rings is 1. The Labute approximate surface area is 151 Å². The molecular formula is C17H19N3O3S2. The zero-order chi connectivity index (χ0) is 18.0. The smallest absolute Gasteiger partial charge is 0.240 e. The first-order valence-corrected chi connectivity index (χ1v) is 10.4. The van der Waals surface area contributed by atoms with E-state index in [-0.39, 0.29) is 17.7 Å². The standard InChI is InChI=1S/C17H19N3O3S2/c1-3-25(22,23)19-14-7-4-6-13(10-14)15-11-16(17-8-5-9-24-17)20(18-15)12(2)21/h4-10,16,19H,3,11H2,1-2H3/t16-/m1/s1. The molecule has 0 bridgehead atoms. The minimum atomic E-state index is -3.34. The van der Waals surface area contributed by atoms with E-state index in [1.54, 1.807) is 36.5 Å². The van der Waals surface area contributed by atoms with Gasteiger partial charge in [-0.05, 0) is 36.1 Å². The summed E-state index contributed by atoms with van der Waals surface area (Å²) in [6.45, 7) is 3.09. The van der Waals surface area contributed by atoms with Crippen LogP contribution in [0.4, 0.5) is 5.69 Å². The molecule has 3 rings (SSSR count). The van der Waals surface area contributed by atoms with Crippen molar-refractivity contribution in [1.29, 1.82) is 0 Å². The number of sulfonamides is 1. The molecule has 1 aromatic heterocycles. The monoisotopic (exact) mass is 377 g/mol. The van der Waals surface area contributed by atoms with Gasteiger partial charge in [0.15, 0.2) is 0 Å². The van der Waals surface area contributed by atoms with Crippen LogP contribution in [-0.2, 0) is 14.8 Å². The average Bonchev–Trinajstić information content (AvgIpc) is 3.24. The largest absolute Gasteiger partial charge is 0.284 e. The Balaban J connectivity index is 1.89. The van der Waals surface area contributed by atoms with Gasteiger partial charge in [0.2, 0.25) is 15.9 Å². The summed E-state index contributed by atoms with van der Waals surface area (Å²) in [6, 6.07) is 10.9. The highest BCUT2D eigenvalue weighted by Gasteiger charge is 2.32. The number of amides is 1. The van der Waals surface area contributed by atoms with Crippen molar-refractivity contribution in [2.24, 2.45) is 5.10 Å². The first-order chi connectivity index (χ1) is 11.9. The van der Waals surface area contributed by atoms with E-state index in [1.807, 2.05) is 23.6 Å². The molecule has 1 aliphatic rings. The number of hydrazone groups is 1. The van der Waals surface area contributed by atoms with Crippen molar-refractivity contribution in [1.82, 2.24) is 5.01 Å². The fraction of sp³-hybridized carbons (Fsp3) is 0.294. The lowest BCUT2D eigenvalue weighted by Gasteiger charge is -2.18. The number of hydrogen-bond donors (Lipinski definition) is 1. The van der Waals surface area contributed by atoms with E-state index in [0.29, 0.717) is 12.1 Å². The van der Waals surface area contributed by atoms with Crippen molar-refractivity contribution >= 4 is 38.7 Å². The van der Waals surface area contributed by atoms with Crippen LogP contribution in [-0.4, -0.2) is 30.8 Å².